The number of nitrogens with zero attached hydrogens (tertiary/aromatic N) is 1. The van der Waals surface area contributed by atoms with E-state index in [9.17, 15) is 4.79 Å². The highest BCUT2D eigenvalue weighted by molar-refractivity contribution is 5.74. The molecule has 21 heavy (non-hydrogen) atoms. The molecule has 3 rings (SSSR count). The van der Waals surface area contributed by atoms with Crippen LogP contribution in [0.4, 0.5) is 4.79 Å². The summed E-state index contributed by atoms with van der Waals surface area (Å²) in [6.07, 6.45) is 4.10. The summed E-state index contributed by atoms with van der Waals surface area (Å²) < 4.78 is 5.63. The lowest BCUT2D eigenvalue weighted by Gasteiger charge is -2.12. The molecule has 0 bridgehead atoms. The van der Waals surface area contributed by atoms with E-state index in [1.54, 1.807) is 6.20 Å². The second kappa shape index (κ2) is 5.99. The molecule has 1 unspecified atom stereocenters. The van der Waals surface area contributed by atoms with Gasteiger partial charge in [0, 0.05) is 11.6 Å². The van der Waals surface area contributed by atoms with Crippen molar-refractivity contribution in [2.45, 2.75) is 32.4 Å². The van der Waals surface area contributed by atoms with E-state index in [4.69, 9.17) is 4.42 Å². The van der Waals surface area contributed by atoms with Gasteiger partial charge in [0.1, 0.15) is 0 Å². The molecule has 110 valence electrons. The molecule has 0 radical (unpaired) electrons. The van der Waals surface area contributed by atoms with Gasteiger partial charge >= 0.3 is 6.03 Å². The van der Waals surface area contributed by atoms with Gasteiger partial charge in [-0.3, -0.25) is 0 Å². The van der Waals surface area contributed by atoms with Crippen molar-refractivity contribution in [2.75, 3.05) is 0 Å². The molecule has 1 aromatic heterocycles. The van der Waals surface area contributed by atoms with E-state index < -0.39 is 0 Å². The molecule has 1 aliphatic rings. The van der Waals surface area contributed by atoms with Gasteiger partial charge in [-0.1, -0.05) is 30.3 Å². The molecule has 2 aromatic rings. The average molecular weight is 285 g/mol. The predicted molar refractivity (Wildman–Crippen MR) is 79.5 cm³/mol. The molecule has 1 atom stereocenters. The average Bonchev–Trinajstić information content (AvgIpc) is 3.25. The van der Waals surface area contributed by atoms with Crippen LogP contribution in [0.15, 0.2) is 40.9 Å². The highest BCUT2D eigenvalue weighted by Gasteiger charge is 2.28. The van der Waals surface area contributed by atoms with Crippen LogP contribution in [0, 0.1) is 5.92 Å². The zero-order valence-electron chi connectivity index (χ0n) is 12.0. The Morgan fingerprint density at radius 1 is 1.38 bits per heavy atom. The molecule has 5 heteroatoms. The van der Waals surface area contributed by atoms with Gasteiger partial charge in [-0.05, 0) is 25.7 Å². The maximum absolute atomic E-state index is 11.7. The third-order valence-corrected chi connectivity index (χ3v) is 3.70. The number of amides is 2. The number of carbonyl (C=O) groups excluding carboxylic acids is 1. The van der Waals surface area contributed by atoms with Gasteiger partial charge in [-0.25, -0.2) is 9.78 Å². The molecule has 5 nitrogen and oxygen atoms in total. The number of carbonyl (C=O) groups is 1. The first-order valence-corrected chi connectivity index (χ1v) is 7.27. The maximum Gasteiger partial charge on any atom is 0.315 e. The van der Waals surface area contributed by atoms with E-state index in [1.807, 2.05) is 37.3 Å². The van der Waals surface area contributed by atoms with Crippen molar-refractivity contribution >= 4 is 6.03 Å². The molecule has 1 saturated carbocycles. The van der Waals surface area contributed by atoms with Crippen molar-refractivity contribution in [3.05, 3.63) is 42.4 Å². The summed E-state index contributed by atoms with van der Waals surface area (Å²) in [5.41, 5.74) is 0.975. The number of urea groups is 1. The van der Waals surface area contributed by atoms with Crippen LogP contribution in [0.1, 0.15) is 25.7 Å². The lowest BCUT2D eigenvalue weighted by Crippen LogP contribution is -2.41. The van der Waals surface area contributed by atoms with Crippen LogP contribution < -0.4 is 10.6 Å². The van der Waals surface area contributed by atoms with Crippen LogP contribution in [-0.4, -0.2) is 17.1 Å². The fourth-order valence-corrected chi connectivity index (χ4v) is 2.26. The Hall–Kier alpha value is -2.30. The SMILES string of the molecule is CC(NC(=O)NCc1ncc(-c2ccccc2)o1)C1CC1. The van der Waals surface area contributed by atoms with E-state index in [0.29, 0.717) is 17.6 Å². The molecular weight excluding hydrogens is 266 g/mol. The molecular formula is C16H19N3O2. The summed E-state index contributed by atoms with van der Waals surface area (Å²) in [7, 11) is 0. The fourth-order valence-electron chi connectivity index (χ4n) is 2.26. The number of nitrogens with one attached hydrogen (secondary N) is 2. The summed E-state index contributed by atoms with van der Waals surface area (Å²) in [5.74, 6) is 1.85. The minimum Gasteiger partial charge on any atom is -0.439 e. The third kappa shape index (κ3) is 3.62. The molecule has 1 aromatic carbocycles. The lowest BCUT2D eigenvalue weighted by molar-refractivity contribution is 0.235. The van der Waals surface area contributed by atoms with Crippen LogP contribution in [-0.2, 0) is 6.54 Å². The lowest BCUT2D eigenvalue weighted by atomic mass is 10.2. The summed E-state index contributed by atoms with van der Waals surface area (Å²) in [5, 5.41) is 5.70. The van der Waals surface area contributed by atoms with E-state index in [-0.39, 0.29) is 18.6 Å². The molecule has 2 N–H and O–H groups in total. The second-order valence-corrected chi connectivity index (χ2v) is 5.44. The smallest absolute Gasteiger partial charge is 0.315 e. The minimum absolute atomic E-state index is 0.172. The molecule has 2 amide bonds. The van der Waals surface area contributed by atoms with Gasteiger partial charge < -0.3 is 15.1 Å². The zero-order chi connectivity index (χ0) is 14.7. The van der Waals surface area contributed by atoms with E-state index in [2.05, 4.69) is 15.6 Å². The van der Waals surface area contributed by atoms with Crippen LogP contribution in [0.3, 0.4) is 0 Å². The van der Waals surface area contributed by atoms with Crippen molar-refractivity contribution in [2.24, 2.45) is 5.92 Å². The monoisotopic (exact) mass is 285 g/mol. The molecule has 0 saturated heterocycles. The van der Waals surface area contributed by atoms with Crippen LogP contribution >= 0.6 is 0 Å². The number of rotatable bonds is 5. The fraction of sp³-hybridized carbons (Fsp3) is 0.375. The largest absolute Gasteiger partial charge is 0.439 e. The highest BCUT2D eigenvalue weighted by atomic mass is 16.4. The Balaban J connectivity index is 1.51. The van der Waals surface area contributed by atoms with Crippen molar-refractivity contribution in [1.82, 2.24) is 15.6 Å². The normalized spacial score (nSPS) is 15.5. The Bertz CT molecular complexity index is 605. The molecule has 1 aliphatic carbocycles. The Morgan fingerprint density at radius 2 is 2.14 bits per heavy atom. The number of hydrogen-bond donors (Lipinski definition) is 2. The Labute approximate surface area is 123 Å². The number of benzene rings is 1. The molecule has 0 aliphatic heterocycles. The van der Waals surface area contributed by atoms with Gasteiger partial charge in [0.2, 0.25) is 5.89 Å². The zero-order valence-corrected chi connectivity index (χ0v) is 12.0. The van der Waals surface area contributed by atoms with Crippen LogP contribution in [0.5, 0.6) is 0 Å². The highest BCUT2D eigenvalue weighted by Crippen LogP contribution is 2.32. The quantitative estimate of drug-likeness (QED) is 0.887. The first-order chi connectivity index (χ1) is 10.2. The van der Waals surface area contributed by atoms with Gasteiger partial charge in [-0.2, -0.15) is 0 Å². The van der Waals surface area contributed by atoms with Crippen molar-refractivity contribution in [1.29, 1.82) is 0 Å². The van der Waals surface area contributed by atoms with Gasteiger partial charge in [0.15, 0.2) is 5.76 Å². The van der Waals surface area contributed by atoms with Crippen LogP contribution in [0.25, 0.3) is 11.3 Å². The molecule has 0 spiro atoms. The third-order valence-electron chi connectivity index (χ3n) is 3.70. The Morgan fingerprint density at radius 3 is 2.86 bits per heavy atom. The van der Waals surface area contributed by atoms with E-state index >= 15 is 0 Å². The van der Waals surface area contributed by atoms with Crippen LogP contribution in [0.2, 0.25) is 0 Å². The topological polar surface area (TPSA) is 67.2 Å². The summed E-state index contributed by atoms with van der Waals surface area (Å²) in [6, 6.07) is 9.82. The van der Waals surface area contributed by atoms with E-state index in [0.717, 1.165) is 5.56 Å². The van der Waals surface area contributed by atoms with E-state index in [1.165, 1.54) is 12.8 Å². The van der Waals surface area contributed by atoms with Gasteiger partial charge in [0.25, 0.3) is 0 Å². The van der Waals surface area contributed by atoms with Gasteiger partial charge in [-0.15, -0.1) is 0 Å². The number of oxazole rings is 1. The summed E-state index contributed by atoms with van der Waals surface area (Å²) >= 11 is 0. The van der Waals surface area contributed by atoms with Crippen molar-refractivity contribution in [3.63, 3.8) is 0 Å². The molecule has 1 fully saturated rings. The second-order valence-electron chi connectivity index (χ2n) is 5.44. The number of aromatic nitrogens is 1. The standard InChI is InChI=1S/C16H19N3O2/c1-11(12-7-8-12)19-16(20)18-10-15-17-9-14(21-15)13-5-3-2-4-6-13/h2-6,9,11-12H,7-8,10H2,1H3,(H2,18,19,20). The summed E-state index contributed by atoms with van der Waals surface area (Å²) in [4.78, 5) is 15.9. The van der Waals surface area contributed by atoms with Gasteiger partial charge in [0.05, 0.1) is 12.7 Å². The van der Waals surface area contributed by atoms with Crippen molar-refractivity contribution in [3.8, 4) is 11.3 Å². The Kier molecular flexibility index (Phi) is 3.90. The minimum atomic E-state index is -0.172. The van der Waals surface area contributed by atoms with Crippen molar-refractivity contribution < 1.29 is 9.21 Å². The summed E-state index contributed by atoms with van der Waals surface area (Å²) in [6.45, 7) is 2.33. The first-order valence-electron chi connectivity index (χ1n) is 7.27. The number of hydrogen-bond acceptors (Lipinski definition) is 3. The molecule has 1 heterocycles. The maximum atomic E-state index is 11.7. The predicted octanol–water partition coefficient (Wildman–Crippen LogP) is 2.94. The first kappa shape index (κ1) is 13.7.